The minimum Gasteiger partial charge on any atom is -0.314 e. The Bertz CT molecular complexity index is 403. The number of benzene rings is 1. The number of halogens is 4. The van der Waals surface area contributed by atoms with Crippen LogP contribution in [0.1, 0.15) is 31.9 Å². The average molecular weight is 358 g/mol. The fourth-order valence-electron chi connectivity index (χ4n) is 2.70. The molecular weight excluding hydrogens is 334 g/mol. The van der Waals surface area contributed by atoms with Gasteiger partial charge in [0.2, 0.25) is 0 Å². The Hall–Kier alpha value is -0.0600. The first-order valence-electron chi connectivity index (χ1n) is 6.97. The summed E-state index contributed by atoms with van der Waals surface area (Å²) in [7, 11) is 0. The Morgan fingerprint density at radius 3 is 2.33 bits per heavy atom. The second-order valence-corrected chi connectivity index (χ2v) is 6.07. The molecule has 1 aromatic rings. The highest BCUT2D eigenvalue weighted by Crippen LogP contribution is 2.30. The largest absolute Gasteiger partial charge is 0.314 e. The van der Waals surface area contributed by atoms with Crippen molar-refractivity contribution in [2.75, 3.05) is 26.2 Å². The topological polar surface area (TPSA) is 15.3 Å². The molecular formula is C15H24Cl3FN2. The van der Waals surface area contributed by atoms with E-state index in [1.54, 1.807) is 6.07 Å². The lowest BCUT2D eigenvalue weighted by atomic mass is 9.95. The van der Waals surface area contributed by atoms with Gasteiger partial charge in [0, 0.05) is 37.2 Å². The maximum atomic E-state index is 13.6. The molecule has 0 radical (unpaired) electrons. The Labute approximate surface area is 144 Å². The van der Waals surface area contributed by atoms with Crippen LogP contribution in [0.3, 0.4) is 0 Å². The zero-order valence-electron chi connectivity index (χ0n) is 12.4. The van der Waals surface area contributed by atoms with Crippen LogP contribution in [-0.2, 0) is 0 Å². The highest BCUT2D eigenvalue weighted by molar-refractivity contribution is 6.30. The Kier molecular flexibility index (Phi) is 9.83. The van der Waals surface area contributed by atoms with Gasteiger partial charge in [-0.1, -0.05) is 25.4 Å². The van der Waals surface area contributed by atoms with Gasteiger partial charge in [-0.2, -0.15) is 0 Å². The van der Waals surface area contributed by atoms with Crippen LogP contribution in [0.4, 0.5) is 4.39 Å². The van der Waals surface area contributed by atoms with Crippen molar-refractivity contribution in [1.29, 1.82) is 0 Å². The average Bonchev–Trinajstić information content (AvgIpc) is 2.35. The van der Waals surface area contributed by atoms with E-state index in [-0.39, 0.29) is 36.7 Å². The summed E-state index contributed by atoms with van der Waals surface area (Å²) in [6, 6.07) is 5.16. The van der Waals surface area contributed by atoms with Crippen LogP contribution in [-0.4, -0.2) is 31.1 Å². The smallest absolute Gasteiger partial charge is 0.125 e. The van der Waals surface area contributed by atoms with E-state index in [4.69, 9.17) is 11.6 Å². The number of piperazine rings is 1. The first-order chi connectivity index (χ1) is 9.06. The fourth-order valence-corrected chi connectivity index (χ4v) is 2.93. The van der Waals surface area contributed by atoms with E-state index in [2.05, 4.69) is 24.1 Å². The number of rotatable bonds is 4. The second kappa shape index (κ2) is 9.86. The van der Waals surface area contributed by atoms with Crippen molar-refractivity contribution in [1.82, 2.24) is 10.2 Å². The van der Waals surface area contributed by atoms with Crippen LogP contribution >= 0.6 is 36.4 Å². The maximum Gasteiger partial charge on any atom is 0.125 e. The summed E-state index contributed by atoms with van der Waals surface area (Å²) in [5, 5.41) is 3.84. The number of nitrogens with zero attached hydrogens (tertiary/aromatic N) is 1. The second-order valence-electron chi connectivity index (χ2n) is 5.63. The Balaban J connectivity index is 0.00000200. The van der Waals surface area contributed by atoms with E-state index < -0.39 is 0 Å². The summed E-state index contributed by atoms with van der Waals surface area (Å²) in [5.74, 6) is 0.327. The molecule has 1 N–H and O–H groups in total. The van der Waals surface area contributed by atoms with E-state index in [1.807, 2.05) is 6.07 Å². The van der Waals surface area contributed by atoms with Gasteiger partial charge in [-0.25, -0.2) is 4.39 Å². The van der Waals surface area contributed by atoms with Gasteiger partial charge < -0.3 is 5.32 Å². The first kappa shape index (κ1) is 20.9. The molecule has 0 bridgehead atoms. The molecule has 1 atom stereocenters. The predicted molar refractivity (Wildman–Crippen MR) is 92.5 cm³/mol. The predicted octanol–water partition coefficient (Wildman–Crippen LogP) is 4.32. The Morgan fingerprint density at radius 1 is 1.19 bits per heavy atom. The van der Waals surface area contributed by atoms with Crippen LogP contribution in [0.15, 0.2) is 18.2 Å². The van der Waals surface area contributed by atoms with Gasteiger partial charge in [0.15, 0.2) is 0 Å². The third kappa shape index (κ3) is 6.29. The quantitative estimate of drug-likeness (QED) is 0.863. The molecule has 2 nitrogen and oxygen atoms in total. The summed E-state index contributed by atoms with van der Waals surface area (Å²) < 4.78 is 13.6. The van der Waals surface area contributed by atoms with E-state index in [1.165, 1.54) is 6.07 Å². The summed E-state index contributed by atoms with van der Waals surface area (Å²) in [6.45, 7) is 8.42. The molecule has 0 amide bonds. The number of hydrogen-bond donors (Lipinski definition) is 1. The lowest BCUT2D eigenvalue weighted by Crippen LogP contribution is -2.45. The van der Waals surface area contributed by atoms with Gasteiger partial charge in [0.1, 0.15) is 5.82 Å². The molecule has 0 spiro atoms. The SMILES string of the molecule is CC(C)C[C@H](c1cc(F)cc(Cl)c1)N1CCNCC1.Cl.Cl. The van der Waals surface area contributed by atoms with Crippen molar-refractivity contribution in [2.24, 2.45) is 5.92 Å². The Morgan fingerprint density at radius 2 is 1.81 bits per heavy atom. The minimum atomic E-state index is -0.244. The molecule has 6 heteroatoms. The monoisotopic (exact) mass is 356 g/mol. The summed E-state index contributed by atoms with van der Waals surface area (Å²) in [5.41, 5.74) is 1.00. The van der Waals surface area contributed by atoms with Crippen molar-refractivity contribution >= 4 is 36.4 Å². The zero-order chi connectivity index (χ0) is 13.8. The fraction of sp³-hybridized carbons (Fsp3) is 0.600. The highest BCUT2D eigenvalue weighted by atomic mass is 35.5. The molecule has 1 aliphatic heterocycles. The molecule has 1 heterocycles. The number of nitrogens with one attached hydrogen (secondary N) is 1. The molecule has 0 aromatic heterocycles. The minimum absolute atomic E-state index is 0. The molecule has 0 aliphatic carbocycles. The van der Waals surface area contributed by atoms with Crippen molar-refractivity contribution in [3.05, 3.63) is 34.6 Å². The van der Waals surface area contributed by atoms with E-state index in [0.29, 0.717) is 10.9 Å². The van der Waals surface area contributed by atoms with Crippen LogP contribution < -0.4 is 5.32 Å². The molecule has 0 unspecified atom stereocenters. The number of hydrogen-bond acceptors (Lipinski definition) is 2. The van der Waals surface area contributed by atoms with Gasteiger partial charge in [-0.3, -0.25) is 4.90 Å². The molecule has 0 saturated carbocycles. The van der Waals surface area contributed by atoms with Gasteiger partial charge in [0.05, 0.1) is 0 Å². The van der Waals surface area contributed by atoms with E-state index in [0.717, 1.165) is 38.2 Å². The van der Waals surface area contributed by atoms with Crippen LogP contribution in [0.2, 0.25) is 5.02 Å². The maximum absolute atomic E-state index is 13.6. The molecule has 1 saturated heterocycles. The van der Waals surface area contributed by atoms with Gasteiger partial charge in [-0.05, 0) is 36.1 Å². The van der Waals surface area contributed by atoms with E-state index in [9.17, 15) is 4.39 Å². The molecule has 1 aromatic carbocycles. The van der Waals surface area contributed by atoms with Gasteiger partial charge >= 0.3 is 0 Å². The standard InChI is InChI=1S/C15H22ClFN2.2ClH/c1-11(2)7-15(19-5-3-18-4-6-19)12-8-13(16)10-14(17)9-12;;/h8-11,15,18H,3-7H2,1-2H3;2*1H/t15-;;/m1../s1. The van der Waals surface area contributed by atoms with Gasteiger partial charge in [0.25, 0.3) is 0 Å². The van der Waals surface area contributed by atoms with E-state index >= 15 is 0 Å². The third-order valence-corrected chi connectivity index (χ3v) is 3.77. The van der Waals surface area contributed by atoms with Crippen molar-refractivity contribution in [3.63, 3.8) is 0 Å². The molecule has 1 fully saturated rings. The molecule has 2 rings (SSSR count). The third-order valence-electron chi connectivity index (χ3n) is 3.56. The van der Waals surface area contributed by atoms with Crippen LogP contribution in [0.25, 0.3) is 0 Å². The molecule has 122 valence electrons. The lowest BCUT2D eigenvalue weighted by molar-refractivity contribution is 0.154. The lowest BCUT2D eigenvalue weighted by Gasteiger charge is -2.36. The highest BCUT2D eigenvalue weighted by Gasteiger charge is 2.23. The zero-order valence-corrected chi connectivity index (χ0v) is 14.8. The first-order valence-corrected chi connectivity index (χ1v) is 7.35. The molecule has 21 heavy (non-hydrogen) atoms. The van der Waals surface area contributed by atoms with Gasteiger partial charge in [-0.15, -0.1) is 24.8 Å². The van der Waals surface area contributed by atoms with Crippen molar-refractivity contribution in [3.8, 4) is 0 Å². The van der Waals surface area contributed by atoms with Crippen LogP contribution in [0, 0.1) is 11.7 Å². The summed E-state index contributed by atoms with van der Waals surface area (Å²) >= 11 is 6.00. The normalized spacial score (nSPS) is 17.0. The summed E-state index contributed by atoms with van der Waals surface area (Å²) in [6.07, 6.45) is 1.03. The van der Waals surface area contributed by atoms with Crippen molar-refractivity contribution < 1.29 is 4.39 Å². The van der Waals surface area contributed by atoms with Crippen molar-refractivity contribution in [2.45, 2.75) is 26.3 Å². The summed E-state index contributed by atoms with van der Waals surface area (Å²) in [4.78, 5) is 2.43. The molecule has 1 aliphatic rings. The van der Waals surface area contributed by atoms with Crippen LogP contribution in [0.5, 0.6) is 0 Å².